The highest BCUT2D eigenvalue weighted by Gasteiger charge is 2.40. The lowest BCUT2D eigenvalue weighted by Crippen LogP contribution is -2.43. The van der Waals surface area contributed by atoms with Crippen molar-refractivity contribution >= 4 is 11.9 Å². The van der Waals surface area contributed by atoms with E-state index in [1.54, 1.807) is 6.07 Å². The van der Waals surface area contributed by atoms with Gasteiger partial charge in [-0.15, -0.1) is 0 Å². The highest BCUT2D eigenvalue weighted by molar-refractivity contribution is 5.85. The Morgan fingerprint density at radius 1 is 1.33 bits per heavy atom. The fourth-order valence-corrected chi connectivity index (χ4v) is 2.58. The summed E-state index contributed by atoms with van der Waals surface area (Å²) in [5.74, 6) is 0.448. The average Bonchev–Trinajstić information content (AvgIpc) is 3.23. The van der Waals surface area contributed by atoms with Gasteiger partial charge in [-0.3, -0.25) is 4.79 Å². The number of halogens is 1. The summed E-state index contributed by atoms with van der Waals surface area (Å²) in [6, 6.07) is 7.00. The first-order valence-electron chi connectivity index (χ1n) is 8.40. The molecule has 0 radical (unpaired) electrons. The van der Waals surface area contributed by atoms with Gasteiger partial charge in [0.25, 0.3) is 0 Å². The van der Waals surface area contributed by atoms with E-state index >= 15 is 0 Å². The van der Waals surface area contributed by atoms with Crippen LogP contribution < -0.4 is 16.0 Å². The number of aliphatic imine (C=N–C) groups is 1. The van der Waals surface area contributed by atoms with Crippen molar-refractivity contribution in [2.24, 2.45) is 4.99 Å². The summed E-state index contributed by atoms with van der Waals surface area (Å²) in [4.78, 5) is 16.2. The molecule has 1 aromatic carbocycles. The Bertz CT molecular complexity index is 609. The maximum Gasteiger partial charge on any atom is 0.242 e. The number of nitrogens with one attached hydrogen (secondary N) is 3. The molecule has 5 nitrogen and oxygen atoms in total. The average molecular weight is 334 g/mol. The van der Waals surface area contributed by atoms with E-state index in [-0.39, 0.29) is 35.8 Å². The Labute approximate surface area is 143 Å². The van der Waals surface area contributed by atoms with Gasteiger partial charge < -0.3 is 16.0 Å². The van der Waals surface area contributed by atoms with Crippen molar-refractivity contribution in [3.05, 3.63) is 35.6 Å². The van der Waals surface area contributed by atoms with Crippen LogP contribution in [0.4, 0.5) is 4.39 Å². The van der Waals surface area contributed by atoms with Crippen LogP contribution in [-0.4, -0.2) is 36.5 Å². The molecule has 1 aromatic rings. The molecule has 2 atom stereocenters. The van der Waals surface area contributed by atoms with Crippen molar-refractivity contribution in [1.29, 1.82) is 0 Å². The lowest BCUT2D eigenvalue weighted by molar-refractivity contribution is -0.121. The molecule has 1 aliphatic rings. The predicted octanol–water partition coefficient (Wildman–Crippen LogP) is 2.15. The van der Waals surface area contributed by atoms with Gasteiger partial charge in [0.2, 0.25) is 5.91 Å². The number of carbonyl (C=O) groups excluding carboxylic acids is 1. The molecule has 1 saturated carbocycles. The molecular weight excluding hydrogens is 307 g/mol. The van der Waals surface area contributed by atoms with Crippen LogP contribution in [0.15, 0.2) is 29.3 Å². The normalized spacial score (nSPS) is 20.5. The van der Waals surface area contributed by atoms with Crippen molar-refractivity contribution < 1.29 is 9.18 Å². The van der Waals surface area contributed by atoms with E-state index in [1.807, 2.05) is 39.8 Å². The van der Waals surface area contributed by atoms with Crippen molar-refractivity contribution in [3.63, 3.8) is 0 Å². The molecular formula is C18H27FN4O. The van der Waals surface area contributed by atoms with E-state index < -0.39 is 0 Å². The Hall–Kier alpha value is -2.11. The predicted molar refractivity (Wildman–Crippen MR) is 94.6 cm³/mol. The molecule has 1 fully saturated rings. The highest BCUT2D eigenvalue weighted by atomic mass is 19.1. The lowest BCUT2D eigenvalue weighted by Gasteiger charge is -2.20. The topological polar surface area (TPSA) is 65.5 Å². The van der Waals surface area contributed by atoms with E-state index in [2.05, 4.69) is 20.9 Å². The van der Waals surface area contributed by atoms with Gasteiger partial charge in [-0.25, -0.2) is 9.38 Å². The van der Waals surface area contributed by atoms with Crippen molar-refractivity contribution in [1.82, 2.24) is 16.0 Å². The Kier molecular flexibility index (Phi) is 5.80. The Morgan fingerprint density at radius 2 is 2.04 bits per heavy atom. The molecule has 6 heteroatoms. The van der Waals surface area contributed by atoms with Crippen molar-refractivity contribution in [2.75, 3.05) is 13.1 Å². The van der Waals surface area contributed by atoms with Gasteiger partial charge in [0.15, 0.2) is 5.96 Å². The molecule has 0 aromatic heterocycles. The molecule has 132 valence electrons. The summed E-state index contributed by atoms with van der Waals surface area (Å²) >= 11 is 0. The van der Waals surface area contributed by atoms with Crippen LogP contribution in [0.25, 0.3) is 0 Å². The molecule has 2 rings (SSSR count). The molecule has 0 aliphatic heterocycles. The highest BCUT2D eigenvalue weighted by Crippen LogP contribution is 2.41. The summed E-state index contributed by atoms with van der Waals surface area (Å²) < 4.78 is 13.8. The zero-order valence-corrected chi connectivity index (χ0v) is 14.8. The molecule has 0 spiro atoms. The van der Waals surface area contributed by atoms with Crippen LogP contribution in [0.1, 0.15) is 45.6 Å². The molecule has 3 N–H and O–H groups in total. The van der Waals surface area contributed by atoms with E-state index in [9.17, 15) is 9.18 Å². The van der Waals surface area contributed by atoms with E-state index in [1.165, 1.54) is 6.07 Å². The fraction of sp³-hybridized carbons (Fsp3) is 0.556. The zero-order valence-electron chi connectivity index (χ0n) is 14.8. The van der Waals surface area contributed by atoms with Gasteiger partial charge in [0.05, 0.1) is 0 Å². The van der Waals surface area contributed by atoms with Crippen LogP contribution in [-0.2, 0) is 4.79 Å². The molecule has 0 bridgehead atoms. The monoisotopic (exact) mass is 334 g/mol. The first-order chi connectivity index (χ1) is 11.3. The maximum atomic E-state index is 13.8. The first kappa shape index (κ1) is 18.2. The second-order valence-corrected chi connectivity index (χ2v) is 7.11. The fourth-order valence-electron chi connectivity index (χ4n) is 2.58. The largest absolute Gasteiger partial charge is 0.357 e. The molecule has 0 saturated heterocycles. The van der Waals surface area contributed by atoms with Gasteiger partial charge in [-0.1, -0.05) is 18.2 Å². The molecule has 0 heterocycles. The van der Waals surface area contributed by atoms with E-state index in [0.29, 0.717) is 12.5 Å². The lowest BCUT2D eigenvalue weighted by atomic mass is 10.1. The second kappa shape index (κ2) is 7.64. The molecule has 1 aliphatic carbocycles. The summed E-state index contributed by atoms with van der Waals surface area (Å²) in [6.45, 7) is 8.52. The summed E-state index contributed by atoms with van der Waals surface area (Å²) in [7, 11) is 0. The minimum Gasteiger partial charge on any atom is -0.357 e. The summed E-state index contributed by atoms with van der Waals surface area (Å²) in [5.41, 5.74) is 0.460. The standard InChI is InChI=1S/C18H27FN4O/c1-5-20-17(21-11-16(24)23-18(2,3)4)22-15-10-13(15)12-8-6-7-9-14(12)19/h6-9,13,15H,5,10-11H2,1-4H3,(H,23,24)(H2,20,21,22). The van der Waals surface area contributed by atoms with Gasteiger partial charge in [-0.05, 0) is 45.7 Å². The van der Waals surface area contributed by atoms with Crippen molar-refractivity contribution in [2.45, 2.75) is 51.6 Å². The van der Waals surface area contributed by atoms with Gasteiger partial charge in [0, 0.05) is 24.0 Å². The number of nitrogens with zero attached hydrogens (tertiary/aromatic N) is 1. The zero-order chi connectivity index (χ0) is 17.7. The van der Waals surface area contributed by atoms with Crippen LogP contribution in [0.5, 0.6) is 0 Å². The number of hydrogen-bond donors (Lipinski definition) is 3. The quantitative estimate of drug-likeness (QED) is 0.571. The number of hydrogen-bond acceptors (Lipinski definition) is 2. The molecule has 2 unspecified atom stereocenters. The van der Waals surface area contributed by atoms with E-state index in [4.69, 9.17) is 0 Å². The van der Waals surface area contributed by atoms with Crippen LogP contribution in [0.3, 0.4) is 0 Å². The van der Waals surface area contributed by atoms with Crippen LogP contribution in [0, 0.1) is 5.82 Å². The van der Waals surface area contributed by atoms with Crippen LogP contribution >= 0.6 is 0 Å². The van der Waals surface area contributed by atoms with E-state index in [0.717, 1.165) is 12.0 Å². The third-order valence-corrected chi connectivity index (χ3v) is 3.66. The second-order valence-electron chi connectivity index (χ2n) is 7.11. The minimum absolute atomic E-state index is 0.0592. The Balaban J connectivity index is 1.91. The number of benzene rings is 1. The number of carbonyl (C=O) groups is 1. The Morgan fingerprint density at radius 3 is 2.67 bits per heavy atom. The summed E-state index contributed by atoms with van der Waals surface area (Å²) in [5, 5.41) is 9.28. The smallest absolute Gasteiger partial charge is 0.242 e. The van der Waals surface area contributed by atoms with Gasteiger partial charge >= 0.3 is 0 Å². The third-order valence-electron chi connectivity index (χ3n) is 3.66. The third kappa shape index (κ3) is 5.51. The van der Waals surface area contributed by atoms with Gasteiger partial charge in [-0.2, -0.15) is 0 Å². The maximum absolute atomic E-state index is 13.8. The number of guanidine groups is 1. The first-order valence-corrected chi connectivity index (χ1v) is 8.40. The molecule has 24 heavy (non-hydrogen) atoms. The number of amides is 1. The number of rotatable bonds is 5. The SMILES string of the molecule is CCNC(=NCC(=O)NC(C)(C)C)NC1CC1c1ccccc1F. The van der Waals surface area contributed by atoms with Crippen LogP contribution in [0.2, 0.25) is 0 Å². The molecule has 1 amide bonds. The van der Waals surface area contributed by atoms with Gasteiger partial charge in [0.1, 0.15) is 12.4 Å². The minimum atomic E-state index is -0.273. The summed E-state index contributed by atoms with van der Waals surface area (Å²) in [6.07, 6.45) is 0.861. The van der Waals surface area contributed by atoms with Crippen molar-refractivity contribution in [3.8, 4) is 0 Å².